The van der Waals surface area contributed by atoms with E-state index in [1.165, 1.54) is 9.80 Å². The molecule has 3 heterocycles. The number of carboxylic acid groups (broad SMARTS) is 1. The van der Waals surface area contributed by atoms with Crippen LogP contribution >= 0.6 is 15.9 Å². The molecule has 0 spiro atoms. The van der Waals surface area contributed by atoms with E-state index in [9.17, 15) is 19.5 Å². The first kappa shape index (κ1) is 28.4. The van der Waals surface area contributed by atoms with Crippen molar-refractivity contribution in [1.29, 1.82) is 0 Å². The molecule has 9 nitrogen and oxygen atoms in total. The van der Waals surface area contributed by atoms with Crippen LogP contribution in [0.4, 0.5) is 10.5 Å². The van der Waals surface area contributed by atoms with Crippen molar-refractivity contribution in [3.05, 3.63) is 83.0 Å². The van der Waals surface area contributed by atoms with E-state index in [0.29, 0.717) is 30.6 Å². The Kier molecular flexibility index (Phi) is 7.86. The Hall–Kier alpha value is -4.18. The van der Waals surface area contributed by atoms with Gasteiger partial charge < -0.3 is 20.3 Å². The van der Waals surface area contributed by atoms with Crippen molar-refractivity contribution < 1.29 is 19.5 Å². The fourth-order valence-electron chi connectivity index (χ4n) is 5.38. The third kappa shape index (κ3) is 5.97. The number of H-pyrrole nitrogens is 1. The fraction of sp³-hybridized carbons (Fsp3) is 0.290. The highest BCUT2D eigenvalue weighted by Gasteiger charge is 2.44. The summed E-state index contributed by atoms with van der Waals surface area (Å²) in [5.41, 5.74) is 3.94. The molecular formula is C31H32BrN5O4. The van der Waals surface area contributed by atoms with Crippen LogP contribution in [0.1, 0.15) is 45.2 Å². The van der Waals surface area contributed by atoms with E-state index < -0.39 is 29.6 Å². The summed E-state index contributed by atoms with van der Waals surface area (Å²) in [6.07, 6.45) is -0.0484. The van der Waals surface area contributed by atoms with Gasteiger partial charge in [0.15, 0.2) is 0 Å². The van der Waals surface area contributed by atoms with E-state index in [0.717, 1.165) is 26.9 Å². The lowest BCUT2D eigenvalue weighted by Crippen LogP contribution is -2.54. The van der Waals surface area contributed by atoms with Gasteiger partial charge in [0.2, 0.25) is 5.91 Å². The smallest absolute Gasteiger partial charge is 0.408 e. The second-order valence-corrected chi connectivity index (χ2v) is 12.0. The molecule has 4 aromatic rings. The fourth-order valence-corrected chi connectivity index (χ4v) is 5.70. The number of pyridine rings is 1. The van der Waals surface area contributed by atoms with Gasteiger partial charge in [0, 0.05) is 23.5 Å². The van der Waals surface area contributed by atoms with Crippen LogP contribution in [0.5, 0.6) is 0 Å². The van der Waals surface area contributed by atoms with Crippen molar-refractivity contribution in [1.82, 2.24) is 19.8 Å². The van der Waals surface area contributed by atoms with Gasteiger partial charge in [-0.1, -0.05) is 42.5 Å². The van der Waals surface area contributed by atoms with E-state index in [4.69, 9.17) is 0 Å². The lowest BCUT2D eigenvalue weighted by atomic mass is 9.97. The molecule has 1 aliphatic heterocycles. The zero-order valence-corrected chi connectivity index (χ0v) is 24.7. The number of amides is 3. The average Bonchev–Trinajstić information content (AvgIpc) is 3.59. The molecule has 0 saturated carbocycles. The van der Waals surface area contributed by atoms with E-state index in [2.05, 4.69) is 31.2 Å². The highest BCUT2D eigenvalue weighted by Crippen LogP contribution is 2.33. The van der Waals surface area contributed by atoms with Crippen LogP contribution in [-0.2, 0) is 9.59 Å². The number of likely N-dealkylation sites (tertiary alicyclic amines) is 1. The molecule has 0 bridgehead atoms. The summed E-state index contributed by atoms with van der Waals surface area (Å²) in [7, 11) is 0. The molecule has 0 unspecified atom stereocenters. The molecule has 2 aromatic carbocycles. The molecule has 10 heteroatoms. The quantitative estimate of drug-likeness (QED) is 0.215. The number of hydrogen-bond acceptors (Lipinski definition) is 4. The Balaban J connectivity index is 1.35. The van der Waals surface area contributed by atoms with Crippen LogP contribution in [0, 0.1) is 0 Å². The van der Waals surface area contributed by atoms with Gasteiger partial charge in [-0.25, -0.2) is 9.78 Å². The third-order valence-corrected chi connectivity index (χ3v) is 7.72. The topological polar surface area (TPSA) is 119 Å². The molecule has 0 aliphatic carbocycles. The van der Waals surface area contributed by atoms with Gasteiger partial charge in [-0.15, -0.1) is 0 Å². The monoisotopic (exact) mass is 617 g/mol. The molecule has 1 aliphatic rings. The molecule has 1 fully saturated rings. The number of halogens is 1. The van der Waals surface area contributed by atoms with E-state index in [1.807, 2.05) is 48.5 Å². The Morgan fingerprint density at radius 1 is 1.07 bits per heavy atom. The van der Waals surface area contributed by atoms with Crippen LogP contribution in [0.3, 0.4) is 0 Å². The van der Waals surface area contributed by atoms with Crippen molar-refractivity contribution in [2.45, 2.75) is 51.2 Å². The number of anilines is 1. The lowest BCUT2D eigenvalue weighted by Gasteiger charge is -2.41. The minimum absolute atomic E-state index is 0.298. The Morgan fingerprint density at radius 2 is 1.78 bits per heavy atom. The molecule has 3 amide bonds. The summed E-state index contributed by atoms with van der Waals surface area (Å²) in [4.78, 5) is 50.4. The maximum absolute atomic E-state index is 14.0. The van der Waals surface area contributed by atoms with Crippen LogP contribution < -0.4 is 5.32 Å². The largest absolute Gasteiger partial charge is 0.465 e. The summed E-state index contributed by atoms with van der Waals surface area (Å²) in [5.74, 6) is -0.701. The van der Waals surface area contributed by atoms with Crippen LogP contribution in [0.2, 0.25) is 0 Å². The Morgan fingerprint density at radius 3 is 2.44 bits per heavy atom. The van der Waals surface area contributed by atoms with Crippen LogP contribution in [0.15, 0.2) is 77.4 Å². The number of carbonyl (C=O) groups excluding carboxylic acids is 2. The number of aromatic amines is 1. The number of carbonyl (C=O) groups is 3. The molecule has 1 saturated heterocycles. The summed E-state index contributed by atoms with van der Waals surface area (Å²) < 4.78 is 0.761. The molecule has 2 atom stereocenters. The molecule has 2 aromatic heterocycles. The maximum atomic E-state index is 14.0. The molecule has 3 N–H and O–H groups in total. The summed E-state index contributed by atoms with van der Waals surface area (Å²) in [6.45, 7) is 5.65. The molecule has 5 rings (SSSR count). The number of nitrogens with one attached hydrogen (secondary N) is 2. The Bertz CT molecular complexity index is 1580. The van der Waals surface area contributed by atoms with E-state index in [-0.39, 0.29) is 5.91 Å². The van der Waals surface area contributed by atoms with Crippen molar-refractivity contribution >= 4 is 50.6 Å². The van der Waals surface area contributed by atoms with Crippen LogP contribution in [-0.4, -0.2) is 60.9 Å². The van der Waals surface area contributed by atoms with E-state index >= 15 is 0 Å². The molecule has 0 radical (unpaired) electrons. The first-order chi connectivity index (χ1) is 19.5. The number of fused-ring (bicyclic) bond motifs is 1. The summed E-state index contributed by atoms with van der Waals surface area (Å²) in [5, 5.41) is 13.1. The number of aromatic nitrogens is 2. The maximum Gasteiger partial charge on any atom is 0.408 e. The summed E-state index contributed by atoms with van der Waals surface area (Å²) in [6, 6.07) is 20.4. The first-order valence-corrected chi connectivity index (χ1v) is 14.3. The second kappa shape index (κ2) is 11.4. The zero-order valence-electron chi connectivity index (χ0n) is 23.1. The minimum atomic E-state index is -1.20. The first-order valence-electron chi connectivity index (χ1n) is 13.5. The van der Waals surface area contributed by atoms with E-state index in [1.54, 1.807) is 45.0 Å². The Labute approximate surface area is 246 Å². The number of rotatable bonds is 6. The van der Waals surface area contributed by atoms with Gasteiger partial charge >= 0.3 is 6.09 Å². The minimum Gasteiger partial charge on any atom is -0.465 e. The van der Waals surface area contributed by atoms with Gasteiger partial charge in [-0.2, -0.15) is 0 Å². The molecule has 212 valence electrons. The van der Waals surface area contributed by atoms with Crippen molar-refractivity contribution in [2.24, 2.45) is 0 Å². The average molecular weight is 619 g/mol. The van der Waals surface area contributed by atoms with Crippen molar-refractivity contribution in [2.75, 3.05) is 11.9 Å². The molecular weight excluding hydrogens is 586 g/mol. The van der Waals surface area contributed by atoms with Crippen LogP contribution in [0.25, 0.3) is 22.3 Å². The SMILES string of the molecule is CC(C)(C)N(C(=O)O)[C@H](C(=O)N1CCC[C@H]1C(=O)Nc1ccc(-c2cc3nc(Br)ccc3[nH]2)cc1)c1ccccc1. The highest BCUT2D eigenvalue weighted by molar-refractivity contribution is 9.10. The van der Waals surface area contributed by atoms with Gasteiger partial charge in [0.1, 0.15) is 16.7 Å². The number of benzene rings is 2. The molecule has 41 heavy (non-hydrogen) atoms. The van der Waals surface area contributed by atoms with Crippen molar-refractivity contribution in [3.63, 3.8) is 0 Å². The second-order valence-electron chi connectivity index (χ2n) is 11.1. The highest BCUT2D eigenvalue weighted by atomic mass is 79.9. The van der Waals surface area contributed by atoms with Gasteiger partial charge in [-0.05, 0) is 91.0 Å². The predicted octanol–water partition coefficient (Wildman–Crippen LogP) is 6.44. The lowest BCUT2D eigenvalue weighted by molar-refractivity contribution is -0.142. The normalized spacial score (nSPS) is 16.0. The number of nitrogens with zero attached hydrogens (tertiary/aromatic N) is 3. The predicted molar refractivity (Wildman–Crippen MR) is 161 cm³/mol. The van der Waals surface area contributed by atoms with Crippen molar-refractivity contribution in [3.8, 4) is 11.3 Å². The third-order valence-electron chi connectivity index (χ3n) is 7.28. The van der Waals surface area contributed by atoms with Gasteiger partial charge in [0.05, 0.1) is 11.0 Å². The summed E-state index contributed by atoms with van der Waals surface area (Å²) >= 11 is 3.39. The van der Waals surface area contributed by atoms with Gasteiger partial charge in [0.25, 0.3) is 5.91 Å². The number of hydrogen-bond donors (Lipinski definition) is 3. The zero-order chi connectivity index (χ0) is 29.3. The standard InChI is InChI=1S/C31H32BrN5O4/c1-31(2,3)37(30(40)41)27(20-8-5-4-6-9-20)29(39)36-17-7-10-25(36)28(38)33-21-13-11-19(12-14-21)23-18-24-22(34-23)15-16-26(32)35-24/h4-6,8-9,11-16,18,25,27,34H,7,10,17H2,1-3H3,(H,33,38)(H,40,41)/t25-,27-/m0/s1. The van der Waals surface area contributed by atoms with Gasteiger partial charge in [-0.3, -0.25) is 14.5 Å².